The highest BCUT2D eigenvalue weighted by Gasteiger charge is 2.07. The summed E-state index contributed by atoms with van der Waals surface area (Å²) >= 11 is 3.37. The summed E-state index contributed by atoms with van der Waals surface area (Å²) in [5.74, 6) is -0.662. The third-order valence-corrected chi connectivity index (χ3v) is 4.86. The summed E-state index contributed by atoms with van der Waals surface area (Å²) in [7, 11) is 0. The topological polar surface area (TPSA) is 80.3 Å². The van der Waals surface area contributed by atoms with Gasteiger partial charge in [0, 0.05) is 35.4 Å². The van der Waals surface area contributed by atoms with Crippen molar-refractivity contribution in [3.8, 4) is 11.5 Å². The Morgan fingerprint density at radius 3 is 2.78 bits per heavy atom. The Hall–Kier alpha value is -3.52. The van der Waals surface area contributed by atoms with Gasteiger partial charge in [0.15, 0.2) is 11.6 Å². The molecule has 0 aliphatic rings. The predicted molar refractivity (Wildman–Crippen MR) is 125 cm³/mol. The average Bonchev–Trinajstić information content (AvgIpc) is 2.77. The molecule has 3 rings (SSSR count). The molecule has 0 unspecified atom stereocenters. The highest BCUT2D eigenvalue weighted by Crippen LogP contribution is 2.25. The van der Waals surface area contributed by atoms with E-state index < -0.39 is 5.82 Å². The minimum Gasteiger partial charge on any atom is -0.453 e. The lowest BCUT2D eigenvalue weighted by Crippen LogP contribution is -2.26. The van der Waals surface area contributed by atoms with Gasteiger partial charge in [0.05, 0.1) is 6.20 Å². The standard InChI is InChI=1S/C24H21BrFN3O3/c1-16-4-7-18(25)14-21(16)29-24(31)10-12-28-23(30)9-6-17-5-8-22(20(26)13-17)32-19-3-2-11-27-15-19/h2-9,11,13-15H,10,12H2,1H3,(H,28,30)(H,29,31)/b9-6+. The number of aryl methyl sites for hydroxylation is 1. The highest BCUT2D eigenvalue weighted by molar-refractivity contribution is 9.10. The molecule has 0 spiro atoms. The summed E-state index contributed by atoms with van der Waals surface area (Å²) in [5.41, 5.74) is 2.16. The number of nitrogens with zero attached hydrogens (tertiary/aromatic N) is 1. The van der Waals surface area contributed by atoms with Crippen LogP contribution in [0.15, 0.2) is 71.5 Å². The second-order valence-corrected chi connectivity index (χ2v) is 7.78. The molecule has 0 radical (unpaired) electrons. The van der Waals surface area contributed by atoms with E-state index in [2.05, 4.69) is 31.5 Å². The number of hydrogen-bond acceptors (Lipinski definition) is 4. The maximum absolute atomic E-state index is 14.3. The Balaban J connectivity index is 1.46. The molecule has 3 aromatic rings. The van der Waals surface area contributed by atoms with Crippen LogP contribution in [0.5, 0.6) is 11.5 Å². The van der Waals surface area contributed by atoms with E-state index in [4.69, 9.17) is 4.74 Å². The second-order valence-electron chi connectivity index (χ2n) is 6.86. The molecule has 6 nitrogen and oxygen atoms in total. The molecule has 2 aromatic carbocycles. The molecule has 2 amide bonds. The SMILES string of the molecule is Cc1ccc(Br)cc1NC(=O)CCNC(=O)/C=C/c1ccc(Oc2cccnc2)c(F)c1. The predicted octanol–water partition coefficient (Wildman–Crippen LogP) is 5.24. The van der Waals surface area contributed by atoms with Crippen molar-refractivity contribution < 1.29 is 18.7 Å². The molecule has 0 aliphatic carbocycles. The first kappa shape index (κ1) is 23.1. The Kier molecular flexibility index (Phi) is 8.10. The maximum Gasteiger partial charge on any atom is 0.244 e. The van der Waals surface area contributed by atoms with Gasteiger partial charge in [0.25, 0.3) is 0 Å². The van der Waals surface area contributed by atoms with Crippen molar-refractivity contribution in [3.63, 3.8) is 0 Å². The molecule has 8 heteroatoms. The van der Waals surface area contributed by atoms with Gasteiger partial charge >= 0.3 is 0 Å². The largest absolute Gasteiger partial charge is 0.453 e. The van der Waals surface area contributed by atoms with E-state index in [1.807, 2.05) is 25.1 Å². The molecule has 0 bridgehead atoms. The molecule has 0 fully saturated rings. The summed E-state index contributed by atoms with van der Waals surface area (Å²) < 4.78 is 20.6. The molecule has 1 heterocycles. The van der Waals surface area contributed by atoms with E-state index in [0.717, 1.165) is 10.0 Å². The van der Waals surface area contributed by atoms with Gasteiger partial charge < -0.3 is 15.4 Å². The maximum atomic E-state index is 14.3. The molecular formula is C24H21BrFN3O3. The third-order valence-electron chi connectivity index (χ3n) is 4.37. The van der Waals surface area contributed by atoms with E-state index in [9.17, 15) is 14.0 Å². The zero-order valence-electron chi connectivity index (χ0n) is 17.3. The Morgan fingerprint density at radius 2 is 2.03 bits per heavy atom. The summed E-state index contributed by atoms with van der Waals surface area (Å²) in [6, 6.07) is 13.3. The van der Waals surface area contributed by atoms with Gasteiger partial charge in [-0.25, -0.2) is 4.39 Å². The van der Waals surface area contributed by atoms with Crippen LogP contribution in [0.25, 0.3) is 6.08 Å². The van der Waals surface area contributed by atoms with E-state index in [0.29, 0.717) is 17.0 Å². The Morgan fingerprint density at radius 1 is 1.19 bits per heavy atom. The molecule has 0 atom stereocenters. The molecule has 0 saturated carbocycles. The molecular weight excluding hydrogens is 477 g/mol. The summed E-state index contributed by atoms with van der Waals surface area (Å²) in [6.45, 7) is 2.07. The number of nitrogens with one attached hydrogen (secondary N) is 2. The molecule has 164 valence electrons. The zero-order valence-corrected chi connectivity index (χ0v) is 18.9. The lowest BCUT2D eigenvalue weighted by Gasteiger charge is -2.09. The van der Waals surface area contributed by atoms with Crippen molar-refractivity contribution >= 4 is 39.5 Å². The smallest absolute Gasteiger partial charge is 0.244 e. The lowest BCUT2D eigenvalue weighted by molar-refractivity contribution is -0.117. The molecule has 0 aliphatic heterocycles. The van der Waals surface area contributed by atoms with Crippen LogP contribution >= 0.6 is 15.9 Å². The van der Waals surface area contributed by atoms with Crippen LogP contribution in [0.4, 0.5) is 10.1 Å². The van der Waals surface area contributed by atoms with Gasteiger partial charge in [-0.05, 0) is 60.5 Å². The van der Waals surface area contributed by atoms with E-state index in [1.54, 1.807) is 24.4 Å². The van der Waals surface area contributed by atoms with Crippen LogP contribution in [0.2, 0.25) is 0 Å². The van der Waals surface area contributed by atoms with Crippen molar-refractivity contribution in [1.82, 2.24) is 10.3 Å². The fourth-order valence-corrected chi connectivity index (χ4v) is 3.07. The number of halogens is 2. The molecule has 0 saturated heterocycles. The van der Waals surface area contributed by atoms with Crippen LogP contribution in [-0.2, 0) is 9.59 Å². The van der Waals surface area contributed by atoms with Crippen molar-refractivity contribution in [2.75, 3.05) is 11.9 Å². The van der Waals surface area contributed by atoms with E-state index in [-0.39, 0.29) is 30.5 Å². The van der Waals surface area contributed by atoms with Crippen LogP contribution in [0.1, 0.15) is 17.5 Å². The summed E-state index contributed by atoms with van der Waals surface area (Å²) in [6.07, 6.45) is 5.97. The normalized spacial score (nSPS) is 10.7. The van der Waals surface area contributed by atoms with Gasteiger partial charge in [-0.2, -0.15) is 0 Å². The van der Waals surface area contributed by atoms with Gasteiger partial charge in [0.1, 0.15) is 5.75 Å². The second kappa shape index (κ2) is 11.2. The van der Waals surface area contributed by atoms with Crippen molar-refractivity contribution in [2.24, 2.45) is 0 Å². The number of aromatic nitrogens is 1. The van der Waals surface area contributed by atoms with Crippen LogP contribution < -0.4 is 15.4 Å². The third kappa shape index (κ3) is 7.02. The molecule has 2 N–H and O–H groups in total. The first-order valence-electron chi connectivity index (χ1n) is 9.80. The number of ether oxygens (including phenoxy) is 1. The van der Waals surface area contributed by atoms with Crippen LogP contribution in [0, 0.1) is 12.7 Å². The van der Waals surface area contributed by atoms with Gasteiger partial charge in [-0.1, -0.05) is 28.1 Å². The Bertz CT molecular complexity index is 1140. The summed E-state index contributed by atoms with van der Waals surface area (Å²) in [4.78, 5) is 28.0. The van der Waals surface area contributed by atoms with Crippen LogP contribution in [-0.4, -0.2) is 23.3 Å². The quantitative estimate of drug-likeness (QED) is 0.417. The first-order valence-corrected chi connectivity index (χ1v) is 10.6. The number of carbonyl (C=O) groups is 2. The van der Waals surface area contributed by atoms with E-state index in [1.165, 1.54) is 30.5 Å². The highest BCUT2D eigenvalue weighted by atomic mass is 79.9. The monoisotopic (exact) mass is 497 g/mol. The number of carbonyl (C=O) groups excluding carboxylic acids is 2. The average molecular weight is 498 g/mol. The zero-order chi connectivity index (χ0) is 22.9. The van der Waals surface area contributed by atoms with Gasteiger partial charge in [-0.15, -0.1) is 0 Å². The summed E-state index contributed by atoms with van der Waals surface area (Å²) in [5, 5.41) is 5.45. The first-order chi connectivity index (χ1) is 15.4. The minimum absolute atomic E-state index is 0.0614. The van der Waals surface area contributed by atoms with Crippen molar-refractivity contribution in [1.29, 1.82) is 0 Å². The fraction of sp³-hybridized carbons (Fsp3) is 0.125. The van der Waals surface area contributed by atoms with Crippen LogP contribution in [0.3, 0.4) is 0 Å². The number of pyridine rings is 1. The Labute approximate surface area is 193 Å². The van der Waals surface area contributed by atoms with E-state index >= 15 is 0 Å². The van der Waals surface area contributed by atoms with Gasteiger partial charge in [-0.3, -0.25) is 14.6 Å². The van der Waals surface area contributed by atoms with Crippen molar-refractivity contribution in [3.05, 3.63) is 88.4 Å². The van der Waals surface area contributed by atoms with Gasteiger partial charge in [0.2, 0.25) is 11.8 Å². The number of rotatable bonds is 8. The lowest BCUT2D eigenvalue weighted by atomic mass is 10.2. The fourth-order valence-electron chi connectivity index (χ4n) is 2.71. The number of anilines is 1. The number of amides is 2. The minimum atomic E-state index is -0.559. The number of benzene rings is 2. The molecule has 32 heavy (non-hydrogen) atoms. The number of hydrogen-bond donors (Lipinski definition) is 2. The van der Waals surface area contributed by atoms with Crippen molar-refractivity contribution in [2.45, 2.75) is 13.3 Å². The molecule has 1 aromatic heterocycles.